The van der Waals surface area contributed by atoms with E-state index in [9.17, 15) is 19.2 Å². The molecule has 0 heterocycles. The molecular formula is C18H12O6. The predicted octanol–water partition coefficient (Wildman–Crippen LogP) is 2.31. The summed E-state index contributed by atoms with van der Waals surface area (Å²) >= 11 is 0. The molecule has 0 aliphatic heterocycles. The van der Waals surface area contributed by atoms with Crippen LogP contribution in [0.4, 0.5) is 0 Å². The number of esters is 2. The molecule has 120 valence electrons. The zero-order chi connectivity index (χ0) is 17.4. The van der Waals surface area contributed by atoms with Crippen molar-refractivity contribution < 1.29 is 28.7 Å². The van der Waals surface area contributed by atoms with Crippen LogP contribution in [-0.2, 0) is 9.59 Å². The van der Waals surface area contributed by atoms with E-state index in [1.807, 2.05) is 0 Å². The van der Waals surface area contributed by atoms with E-state index in [0.717, 1.165) is 0 Å². The van der Waals surface area contributed by atoms with Crippen LogP contribution in [0, 0.1) is 0 Å². The maximum absolute atomic E-state index is 12.6. The van der Waals surface area contributed by atoms with Gasteiger partial charge in [-0.3, -0.25) is 19.2 Å². The third-order valence-electron chi connectivity index (χ3n) is 3.48. The summed E-state index contributed by atoms with van der Waals surface area (Å²) in [5.41, 5.74) is 0.768. The summed E-state index contributed by atoms with van der Waals surface area (Å²) in [4.78, 5) is 47.3. The molecule has 0 atom stereocenters. The van der Waals surface area contributed by atoms with Gasteiger partial charge in [-0.1, -0.05) is 0 Å². The van der Waals surface area contributed by atoms with Gasteiger partial charge in [0, 0.05) is 36.1 Å². The molecule has 0 radical (unpaired) electrons. The summed E-state index contributed by atoms with van der Waals surface area (Å²) in [6.07, 6.45) is 0. The molecule has 0 bridgehead atoms. The summed E-state index contributed by atoms with van der Waals surface area (Å²) < 4.78 is 9.91. The molecule has 6 nitrogen and oxygen atoms in total. The van der Waals surface area contributed by atoms with Crippen molar-refractivity contribution >= 4 is 23.5 Å². The largest absolute Gasteiger partial charge is 0.427 e. The fourth-order valence-corrected chi connectivity index (χ4v) is 2.57. The quantitative estimate of drug-likeness (QED) is 0.531. The molecule has 0 spiro atoms. The lowest BCUT2D eigenvalue weighted by Gasteiger charge is -2.18. The van der Waals surface area contributed by atoms with Crippen molar-refractivity contribution in [1.29, 1.82) is 0 Å². The number of carbonyl (C=O) groups excluding carboxylic acids is 4. The number of benzene rings is 2. The molecule has 1 aliphatic rings. The molecule has 0 saturated carbocycles. The van der Waals surface area contributed by atoms with Gasteiger partial charge >= 0.3 is 11.9 Å². The normalized spacial score (nSPS) is 12.2. The number of rotatable bonds is 2. The van der Waals surface area contributed by atoms with Crippen LogP contribution >= 0.6 is 0 Å². The molecule has 2 aromatic carbocycles. The smallest absolute Gasteiger partial charge is 0.308 e. The van der Waals surface area contributed by atoms with Gasteiger partial charge in [0.15, 0.2) is 11.6 Å². The van der Waals surface area contributed by atoms with E-state index in [0.29, 0.717) is 0 Å². The van der Waals surface area contributed by atoms with Crippen molar-refractivity contribution in [3.8, 4) is 11.5 Å². The van der Waals surface area contributed by atoms with Crippen LogP contribution in [-0.4, -0.2) is 23.5 Å². The van der Waals surface area contributed by atoms with E-state index < -0.39 is 11.9 Å². The number of ketones is 2. The summed E-state index contributed by atoms with van der Waals surface area (Å²) in [6.45, 7) is 2.50. The second-order valence-electron chi connectivity index (χ2n) is 5.26. The van der Waals surface area contributed by atoms with Gasteiger partial charge < -0.3 is 9.47 Å². The predicted molar refractivity (Wildman–Crippen MR) is 82.4 cm³/mol. The first kappa shape index (κ1) is 15.6. The first-order valence-electron chi connectivity index (χ1n) is 7.11. The van der Waals surface area contributed by atoms with Crippen molar-refractivity contribution in [2.45, 2.75) is 13.8 Å². The van der Waals surface area contributed by atoms with E-state index in [1.165, 1.54) is 50.2 Å². The maximum Gasteiger partial charge on any atom is 0.308 e. The Hall–Kier alpha value is -3.28. The fraction of sp³-hybridized carbons (Fsp3) is 0.111. The van der Waals surface area contributed by atoms with Gasteiger partial charge in [-0.2, -0.15) is 0 Å². The number of fused-ring (bicyclic) bond motifs is 2. The lowest BCUT2D eigenvalue weighted by molar-refractivity contribution is -0.132. The molecule has 0 amide bonds. The molecule has 0 aromatic heterocycles. The highest BCUT2D eigenvalue weighted by Gasteiger charge is 2.30. The number of ether oxygens (including phenoxy) is 2. The molecule has 24 heavy (non-hydrogen) atoms. The molecule has 6 heteroatoms. The summed E-state index contributed by atoms with van der Waals surface area (Å²) in [7, 11) is 0. The average molecular weight is 324 g/mol. The first-order valence-corrected chi connectivity index (χ1v) is 7.11. The van der Waals surface area contributed by atoms with Crippen LogP contribution < -0.4 is 9.47 Å². The Morgan fingerprint density at radius 3 is 1.38 bits per heavy atom. The summed E-state index contributed by atoms with van der Waals surface area (Å²) in [6, 6.07) is 8.53. The fourth-order valence-electron chi connectivity index (χ4n) is 2.57. The highest BCUT2D eigenvalue weighted by Crippen LogP contribution is 2.32. The Morgan fingerprint density at radius 2 is 1.04 bits per heavy atom. The van der Waals surface area contributed by atoms with Crippen LogP contribution in [0.2, 0.25) is 0 Å². The Balaban J connectivity index is 2.07. The van der Waals surface area contributed by atoms with Crippen molar-refractivity contribution in [2.24, 2.45) is 0 Å². The van der Waals surface area contributed by atoms with Gasteiger partial charge in [-0.15, -0.1) is 0 Å². The number of hydrogen-bond donors (Lipinski definition) is 0. The molecule has 0 fully saturated rings. The molecule has 0 unspecified atom stereocenters. The summed E-state index contributed by atoms with van der Waals surface area (Å²) in [5.74, 6) is -1.36. The monoisotopic (exact) mass is 324 g/mol. The van der Waals surface area contributed by atoms with E-state index >= 15 is 0 Å². The van der Waals surface area contributed by atoms with Gasteiger partial charge in [0.25, 0.3) is 0 Å². The Bertz CT molecular complexity index is 834. The maximum atomic E-state index is 12.6. The molecule has 1 aliphatic carbocycles. The second kappa shape index (κ2) is 5.73. The Labute approximate surface area is 137 Å². The number of hydrogen-bond acceptors (Lipinski definition) is 6. The van der Waals surface area contributed by atoms with Gasteiger partial charge in [0.1, 0.15) is 11.5 Å². The lowest BCUT2D eigenvalue weighted by atomic mass is 9.84. The van der Waals surface area contributed by atoms with Gasteiger partial charge in [0.05, 0.1) is 0 Å². The third-order valence-corrected chi connectivity index (χ3v) is 3.48. The van der Waals surface area contributed by atoms with E-state index in [1.54, 1.807) is 0 Å². The molecule has 3 rings (SSSR count). The van der Waals surface area contributed by atoms with Crippen LogP contribution in [0.25, 0.3) is 0 Å². The minimum Gasteiger partial charge on any atom is -0.427 e. The average Bonchev–Trinajstić information content (AvgIpc) is 2.51. The zero-order valence-corrected chi connectivity index (χ0v) is 12.9. The van der Waals surface area contributed by atoms with Gasteiger partial charge in [-0.05, 0) is 36.4 Å². The van der Waals surface area contributed by atoms with E-state index in [-0.39, 0.29) is 45.3 Å². The first-order chi connectivity index (χ1) is 11.4. The topological polar surface area (TPSA) is 86.7 Å². The Morgan fingerprint density at radius 1 is 0.667 bits per heavy atom. The van der Waals surface area contributed by atoms with Gasteiger partial charge in [-0.25, -0.2) is 0 Å². The van der Waals surface area contributed by atoms with Crippen molar-refractivity contribution in [3.05, 3.63) is 58.7 Å². The van der Waals surface area contributed by atoms with Crippen LogP contribution in [0.5, 0.6) is 11.5 Å². The zero-order valence-electron chi connectivity index (χ0n) is 12.9. The highest BCUT2D eigenvalue weighted by atomic mass is 16.5. The van der Waals surface area contributed by atoms with E-state index in [2.05, 4.69) is 0 Å². The molecule has 0 saturated heterocycles. The Kier molecular flexibility index (Phi) is 3.73. The van der Waals surface area contributed by atoms with Crippen molar-refractivity contribution in [1.82, 2.24) is 0 Å². The SMILES string of the molecule is CC(=O)Oc1ccc2c(c1)C(=O)c1ccc(OC(C)=O)cc1C2=O. The minimum atomic E-state index is -0.518. The van der Waals surface area contributed by atoms with Crippen LogP contribution in [0.1, 0.15) is 45.7 Å². The van der Waals surface area contributed by atoms with Gasteiger partial charge in [0.2, 0.25) is 0 Å². The van der Waals surface area contributed by atoms with Crippen LogP contribution in [0.15, 0.2) is 36.4 Å². The van der Waals surface area contributed by atoms with Crippen molar-refractivity contribution in [3.63, 3.8) is 0 Å². The second-order valence-corrected chi connectivity index (χ2v) is 5.26. The number of carbonyl (C=O) groups is 4. The standard InChI is InChI=1S/C18H12O6/c1-9(19)23-11-3-5-13-15(7-11)17(21)14-6-4-12(24-10(2)20)8-16(14)18(13)22/h3-8H,1-2H3. The molecule has 0 N–H and O–H groups in total. The third kappa shape index (κ3) is 2.69. The minimum absolute atomic E-state index is 0.173. The van der Waals surface area contributed by atoms with E-state index in [4.69, 9.17) is 9.47 Å². The van der Waals surface area contributed by atoms with Crippen LogP contribution in [0.3, 0.4) is 0 Å². The molecular weight excluding hydrogens is 312 g/mol. The molecule has 2 aromatic rings. The highest BCUT2D eigenvalue weighted by molar-refractivity contribution is 6.28. The summed E-state index contributed by atoms with van der Waals surface area (Å²) in [5, 5.41) is 0. The lowest BCUT2D eigenvalue weighted by Crippen LogP contribution is -2.21. The van der Waals surface area contributed by atoms with Crippen molar-refractivity contribution in [2.75, 3.05) is 0 Å².